The number of H-pyrrole nitrogens is 1. The van der Waals surface area contributed by atoms with Crippen molar-refractivity contribution in [1.29, 1.82) is 0 Å². The SMILES string of the molecule is OCCN1CCNCC1.c1cn[nH]c1.c1cnccn1. The maximum Gasteiger partial charge on any atom is 0.0558 e. The maximum atomic E-state index is 8.56. The number of aromatic nitrogens is 4. The van der Waals surface area contributed by atoms with E-state index in [0.29, 0.717) is 6.61 Å². The number of nitrogens with one attached hydrogen (secondary N) is 2. The van der Waals surface area contributed by atoms with Crippen LogP contribution in [0.1, 0.15) is 0 Å². The molecule has 0 aliphatic carbocycles. The molecule has 0 atom stereocenters. The predicted molar refractivity (Wildman–Crippen MR) is 77.0 cm³/mol. The Hall–Kier alpha value is -1.83. The molecule has 2 aromatic rings. The van der Waals surface area contributed by atoms with Crippen LogP contribution in [-0.4, -0.2) is 69.5 Å². The summed E-state index contributed by atoms with van der Waals surface area (Å²) < 4.78 is 0. The van der Waals surface area contributed by atoms with E-state index in [-0.39, 0.29) is 0 Å². The van der Waals surface area contributed by atoms with Gasteiger partial charge in [0.25, 0.3) is 0 Å². The van der Waals surface area contributed by atoms with Crippen LogP contribution in [0.25, 0.3) is 0 Å². The van der Waals surface area contributed by atoms with E-state index in [1.807, 2.05) is 6.07 Å². The van der Waals surface area contributed by atoms with Crippen molar-refractivity contribution in [2.45, 2.75) is 0 Å². The first kappa shape index (κ1) is 16.2. The lowest BCUT2D eigenvalue weighted by Crippen LogP contribution is -2.44. The Morgan fingerprint density at radius 2 is 1.65 bits per heavy atom. The highest BCUT2D eigenvalue weighted by Crippen LogP contribution is 1.88. The molecule has 0 aromatic carbocycles. The highest BCUT2D eigenvalue weighted by molar-refractivity contribution is 4.72. The van der Waals surface area contributed by atoms with Gasteiger partial charge < -0.3 is 10.4 Å². The molecule has 2 aromatic heterocycles. The Morgan fingerprint density at radius 1 is 1.00 bits per heavy atom. The number of aliphatic hydroxyl groups is 1. The van der Waals surface area contributed by atoms with Crippen LogP contribution in [0.5, 0.6) is 0 Å². The Labute approximate surface area is 119 Å². The molecule has 0 amide bonds. The fourth-order valence-corrected chi connectivity index (χ4v) is 1.54. The van der Waals surface area contributed by atoms with Crippen LogP contribution in [0.3, 0.4) is 0 Å². The van der Waals surface area contributed by atoms with Crippen molar-refractivity contribution in [2.24, 2.45) is 0 Å². The summed E-state index contributed by atoms with van der Waals surface area (Å²) in [6.45, 7) is 5.43. The number of hydrogen-bond donors (Lipinski definition) is 3. The molecule has 7 nitrogen and oxygen atoms in total. The van der Waals surface area contributed by atoms with E-state index >= 15 is 0 Å². The summed E-state index contributed by atoms with van der Waals surface area (Å²) in [5, 5.41) is 18.0. The third kappa shape index (κ3) is 9.15. The minimum absolute atomic E-state index is 0.292. The largest absolute Gasteiger partial charge is 0.395 e. The molecule has 1 fully saturated rings. The van der Waals surface area contributed by atoms with Gasteiger partial charge in [-0.1, -0.05) is 0 Å². The van der Waals surface area contributed by atoms with Gasteiger partial charge in [-0.25, -0.2) is 0 Å². The molecular weight excluding hydrogens is 256 g/mol. The topological polar surface area (TPSA) is 90.0 Å². The smallest absolute Gasteiger partial charge is 0.0558 e. The number of β-amino-alcohol motifs (C(OH)–C–C–N with tert-alkyl or cyclic N) is 1. The predicted octanol–water partition coefficient (Wildman–Crippen LogP) is -0.230. The number of aromatic amines is 1. The fraction of sp³-hybridized carbons (Fsp3) is 0.462. The van der Waals surface area contributed by atoms with Gasteiger partial charge in [-0.15, -0.1) is 0 Å². The van der Waals surface area contributed by atoms with Crippen LogP contribution in [0.2, 0.25) is 0 Å². The number of piperazine rings is 1. The van der Waals surface area contributed by atoms with Crippen LogP contribution in [0.4, 0.5) is 0 Å². The molecule has 1 aliphatic rings. The van der Waals surface area contributed by atoms with E-state index in [9.17, 15) is 0 Å². The van der Waals surface area contributed by atoms with Crippen LogP contribution in [0, 0.1) is 0 Å². The summed E-state index contributed by atoms with van der Waals surface area (Å²) >= 11 is 0. The molecule has 110 valence electrons. The molecule has 0 radical (unpaired) electrons. The number of nitrogens with zero attached hydrogens (tertiary/aromatic N) is 4. The monoisotopic (exact) mass is 278 g/mol. The van der Waals surface area contributed by atoms with E-state index < -0.39 is 0 Å². The van der Waals surface area contributed by atoms with Gasteiger partial charge in [0.05, 0.1) is 6.61 Å². The Balaban J connectivity index is 0.000000158. The molecule has 3 heterocycles. The Bertz CT molecular complexity index is 330. The molecule has 1 saturated heterocycles. The van der Waals surface area contributed by atoms with Crippen molar-refractivity contribution in [3.8, 4) is 0 Å². The molecule has 20 heavy (non-hydrogen) atoms. The van der Waals surface area contributed by atoms with Crippen LogP contribution in [-0.2, 0) is 0 Å². The van der Waals surface area contributed by atoms with Crippen molar-refractivity contribution >= 4 is 0 Å². The van der Waals surface area contributed by atoms with E-state index in [4.69, 9.17) is 5.11 Å². The average Bonchev–Trinajstić information content (AvgIpc) is 3.11. The highest BCUT2D eigenvalue weighted by Gasteiger charge is 2.06. The zero-order valence-corrected chi connectivity index (χ0v) is 11.5. The first-order valence-corrected chi connectivity index (χ1v) is 6.61. The second kappa shape index (κ2) is 12.2. The Kier molecular flexibility index (Phi) is 9.91. The normalized spacial score (nSPS) is 14.4. The molecule has 0 unspecified atom stereocenters. The maximum absolute atomic E-state index is 8.56. The fourth-order valence-electron chi connectivity index (χ4n) is 1.54. The minimum atomic E-state index is 0.292. The van der Waals surface area contributed by atoms with Gasteiger partial charge >= 0.3 is 0 Å². The van der Waals surface area contributed by atoms with Crippen molar-refractivity contribution in [3.63, 3.8) is 0 Å². The van der Waals surface area contributed by atoms with Crippen molar-refractivity contribution in [2.75, 3.05) is 39.3 Å². The zero-order chi connectivity index (χ0) is 14.3. The minimum Gasteiger partial charge on any atom is -0.395 e. The molecule has 3 N–H and O–H groups in total. The molecule has 1 aliphatic heterocycles. The summed E-state index contributed by atoms with van der Waals surface area (Å²) in [5.74, 6) is 0. The van der Waals surface area contributed by atoms with Gasteiger partial charge in [0.1, 0.15) is 0 Å². The van der Waals surface area contributed by atoms with Gasteiger partial charge in [-0.3, -0.25) is 20.0 Å². The van der Waals surface area contributed by atoms with Crippen molar-refractivity contribution in [3.05, 3.63) is 43.2 Å². The van der Waals surface area contributed by atoms with Crippen LogP contribution in [0.15, 0.2) is 43.2 Å². The number of aliphatic hydroxyl groups excluding tert-OH is 1. The second-order valence-corrected chi connectivity index (χ2v) is 3.98. The first-order valence-electron chi connectivity index (χ1n) is 6.61. The third-order valence-electron chi connectivity index (χ3n) is 2.51. The molecular formula is C13H22N6O. The van der Waals surface area contributed by atoms with Crippen LogP contribution < -0.4 is 5.32 Å². The van der Waals surface area contributed by atoms with Gasteiger partial charge in [-0.05, 0) is 6.07 Å². The number of hydrogen-bond acceptors (Lipinski definition) is 6. The summed E-state index contributed by atoms with van der Waals surface area (Å²) in [7, 11) is 0. The van der Waals surface area contributed by atoms with Gasteiger partial charge in [0.2, 0.25) is 0 Å². The van der Waals surface area contributed by atoms with Crippen LogP contribution >= 0.6 is 0 Å². The van der Waals surface area contributed by atoms with Gasteiger partial charge in [-0.2, -0.15) is 5.10 Å². The van der Waals surface area contributed by atoms with Gasteiger partial charge in [0.15, 0.2) is 0 Å². The standard InChI is InChI=1S/C6H14N2O.C4H4N2.C3H4N2/c9-6-5-8-3-1-7-2-4-8;1-2-6-4-3-5-1;1-2-4-5-3-1/h7,9H,1-6H2;1-4H;1-3H,(H,4,5). The zero-order valence-electron chi connectivity index (χ0n) is 11.5. The van der Waals surface area contributed by atoms with E-state index in [2.05, 4.69) is 30.4 Å². The molecule has 0 bridgehead atoms. The molecule has 0 saturated carbocycles. The summed E-state index contributed by atoms with van der Waals surface area (Å²) in [6, 6.07) is 1.83. The second-order valence-electron chi connectivity index (χ2n) is 3.98. The summed E-state index contributed by atoms with van der Waals surface area (Å²) in [4.78, 5) is 9.70. The average molecular weight is 278 g/mol. The molecule has 3 rings (SSSR count). The third-order valence-corrected chi connectivity index (χ3v) is 2.51. The lowest BCUT2D eigenvalue weighted by Gasteiger charge is -2.25. The number of rotatable bonds is 2. The van der Waals surface area contributed by atoms with Crippen molar-refractivity contribution in [1.82, 2.24) is 30.4 Å². The highest BCUT2D eigenvalue weighted by atomic mass is 16.3. The molecule has 7 heteroatoms. The Morgan fingerprint density at radius 3 is 2.00 bits per heavy atom. The van der Waals surface area contributed by atoms with Crippen molar-refractivity contribution < 1.29 is 5.11 Å². The lowest BCUT2D eigenvalue weighted by molar-refractivity contribution is 0.180. The molecule has 0 spiro atoms. The van der Waals surface area contributed by atoms with E-state index in [1.165, 1.54) is 0 Å². The van der Waals surface area contributed by atoms with E-state index in [0.717, 1.165) is 32.7 Å². The quantitative estimate of drug-likeness (QED) is 0.703. The summed E-state index contributed by atoms with van der Waals surface area (Å²) in [6.07, 6.45) is 10.0. The van der Waals surface area contributed by atoms with E-state index in [1.54, 1.807) is 37.2 Å². The summed E-state index contributed by atoms with van der Waals surface area (Å²) in [5.41, 5.74) is 0. The lowest BCUT2D eigenvalue weighted by atomic mass is 10.4. The van der Waals surface area contributed by atoms with Gasteiger partial charge in [0, 0.05) is 69.9 Å². The first-order chi connectivity index (χ1) is 9.93.